The fourth-order valence-corrected chi connectivity index (χ4v) is 3.86. The van der Waals surface area contributed by atoms with E-state index in [2.05, 4.69) is 58.6 Å². The van der Waals surface area contributed by atoms with Crippen molar-refractivity contribution in [2.45, 2.75) is 19.5 Å². The predicted molar refractivity (Wildman–Crippen MR) is 81.7 cm³/mol. The number of rotatable bonds is 1. The lowest BCUT2D eigenvalue weighted by molar-refractivity contribution is 0.439. The largest absolute Gasteiger partial charge is 0.339 e. The molecule has 0 aliphatic carbocycles. The third-order valence-corrected chi connectivity index (χ3v) is 4.82. The molecular formula is C16H16N2S. The molecule has 96 valence electrons. The van der Waals surface area contributed by atoms with Crippen molar-refractivity contribution in [1.29, 1.82) is 0 Å². The minimum atomic E-state index is 0.516. The van der Waals surface area contributed by atoms with Gasteiger partial charge in [0.2, 0.25) is 0 Å². The highest BCUT2D eigenvalue weighted by Gasteiger charge is 2.20. The zero-order chi connectivity index (χ0) is 12.8. The second-order valence-corrected chi connectivity index (χ2v) is 6.15. The number of nitrogens with one attached hydrogen (secondary N) is 1. The second kappa shape index (κ2) is 4.22. The van der Waals surface area contributed by atoms with Crippen molar-refractivity contribution in [3.63, 3.8) is 0 Å². The van der Waals surface area contributed by atoms with E-state index in [-0.39, 0.29) is 0 Å². The molecule has 0 bridgehead atoms. The first-order valence-corrected chi connectivity index (χ1v) is 7.60. The molecule has 0 spiro atoms. The molecule has 2 nitrogen and oxygen atoms in total. The van der Waals surface area contributed by atoms with Crippen LogP contribution in [0.15, 0.2) is 41.8 Å². The molecule has 0 unspecified atom stereocenters. The Morgan fingerprint density at radius 1 is 1.26 bits per heavy atom. The standard InChI is InChI=1S/C16H16N2S/c1-11-9-17-10-13-8-12-4-2-5-14(16(12)18(11)13)15-6-3-7-19-15/h2-8,11,17H,9-10H2,1H3/t11-/m1/s1. The third kappa shape index (κ3) is 1.66. The summed E-state index contributed by atoms with van der Waals surface area (Å²) in [6, 6.07) is 13.8. The summed E-state index contributed by atoms with van der Waals surface area (Å²) >= 11 is 1.82. The second-order valence-electron chi connectivity index (χ2n) is 5.21. The molecule has 4 rings (SSSR count). The highest BCUT2D eigenvalue weighted by molar-refractivity contribution is 7.13. The maximum absolute atomic E-state index is 3.49. The Labute approximate surface area is 116 Å². The molecule has 1 aliphatic heterocycles. The maximum Gasteiger partial charge on any atom is 0.0573 e. The molecule has 0 radical (unpaired) electrons. The van der Waals surface area contributed by atoms with E-state index >= 15 is 0 Å². The maximum atomic E-state index is 3.49. The van der Waals surface area contributed by atoms with Gasteiger partial charge < -0.3 is 9.88 Å². The van der Waals surface area contributed by atoms with Crippen molar-refractivity contribution in [2.24, 2.45) is 0 Å². The van der Waals surface area contributed by atoms with E-state index in [0.717, 1.165) is 13.1 Å². The number of hydrogen-bond donors (Lipinski definition) is 1. The molecule has 3 aromatic rings. The Balaban J connectivity index is 2.07. The van der Waals surface area contributed by atoms with Crippen LogP contribution in [0.25, 0.3) is 21.3 Å². The topological polar surface area (TPSA) is 17.0 Å². The molecular weight excluding hydrogens is 252 g/mol. The SMILES string of the molecule is C[C@@H]1CNCc2cc3cccc(-c4cccs4)c3n21. The Hall–Kier alpha value is -1.58. The minimum Gasteiger partial charge on any atom is -0.339 e. The summed E-state index contributed by atoms with van der Waals surface area (Å²) in [7, 11) is 0. The molecule has 1 N–H and O–H groups in total. The summed E-state index contributed by atoms with van der Waals surface area (Å²) in [4.78, 5) is 1.36. The van der Waals surface area contributed by atoms with Gasteiger partial charge in [0.05, 0.1) is 5.52 Å². The first-order chi connectivity index (χ1) is 9.34. The lowest BCUT2D eigenvalue weighted by Gasteiger charge is -2.25. The number of thiophene rings is 1. The van der Waals surface area contributed by atoms with Crippen LogP contribution in [0.2, 0.25) is 0 Å². The summed E-state index contributed by atoms with van der Waals surface area (Å²) < 4.78 is 2.51. The number of aromatic nitrogens is 1. The van der Waals surface area contributed by atoms with E-state index in [1.54, 1.807) is 0 Å². The summed E-state index contributed by atoms with van der Waals surface area (Å²) in [6.07, 6.45) is 0. The van der Waals surface area contributed by atoms with E-state index in [4.69, 9.17) is 0 Å². The van der Waals surface area contributed by atoms with Gasteiger partial charge in [-0.15, -0.1) is 11.3 Å². The third-order valence-electron chi connectivity index (χ3n) is 3.91. The van der Waals surface area contributed by atoms with Gasteiger partial charge in [0.1, 0.15) is 0 Å². The van der Waals surface area contributed by atoms with Crippen molar-refractivity contribution < 1.29 is 0 Å². The van der Waals surface area contributed by atoms with Crippen molar-refractivity contribution in [2.75, 3.05) is 6.54 Å². The Bertz CT molecular complexity index is 725. The Morgan fingerprint density at radius 2 is 2.21 bits per heavy atom. The monoisotopic (exact) mass is 268 g/mol. The Morgan fingerprint density at radius 3 is 3.05 bits per heavy atom. The van der Waals surface area contributed by atoms with E-state index in [0.29, 0.717) is 6.04 Å². The van der Waals surface area contributed by atoms with Crippen molar-refractivity contribution >= 4 is 22.2 Å². The van der Waals surface area contributed by atoms with Crippen LogP contribution in [0.5, 0.6) is 0 Å². The molecule has 19 heavy (non-hydrogen) atoms. The summed E-state index contributed by atoms with van der Waals surface area (Å²) in [6.45, 7) is 4.32. The van der Waals surface area contributed by atoms with Crippen LogP contribution in [-0.2, 0) is 6.54 Å². The van der Waals surface area contributed by atoms with Crippen LogP contribution in [0.4, 0.5) is 0 Å². The number of para-hydroxylation sites is 1. The molecule has 2 aromatic heterocycles. The predicted octanol–water partition coefficient (Wildman–Crippen LogP) is 4.03. The molecule has 0 amide bonds. The zero-order valence-corrected chi connectivity index (χ0v) is 11.7. The van der Waals surface area contributed by atoms with Gasteiger partial charge in [0.25, 0.3) is 0 Å². The van der Waals surface area contributed by atoms with Crippen LogP contribution in [0.1, 0.15) is 18.7 Å². The van der Waals surface area contributed by atoms with Gasteiger partial charge >= 0.3 is 0 Å². The smallest absolute Gasteiger partial charge is 0.0573 e. The fourth-order valence-electron chi connectivity index (χ4n) is 3.11. The lowest BCUT2D eigenvalue weighted by atomic mass is 10.1. The molecule has 0 fully saturated rings. The lowest BCUT2D eigenvalue weighted by Crippen LogP contribution is -2.31. The number of benzene rings is 1. The summed E-state index contributed by atoms with van der Waals surface area (Å²) in [5.74, 6) is 0. The average Bonchev–Trinajstić information content (AvgIpc) is 3.05. The van der Waals surface area contributed by atoms with E-state index in [1.807, 2.05) is 11.3 Å². The van der Waals surface area contributed by atoms with Gasteiger partial charge in [-0.1, -0.05) is 24.3 Å². The van der Waals surface area contributed by atoms with Gasteiger partial charge in [-0.2, -0.15) is 0 Å². The minimum absolute atomic E-state index is 0.516. The van der Waals surface area contributed by atoms with E-state index in [9.17, 15) is 0 Å². The fraction of sp³-hybridized carbons (Fsp3) is 0.250. The van der Waals surface area contributed by atoms with Crippen molar-refractivity contribution in [1.82, 2.24) is 9.88 Å². The van der Waals surface area contributed by atoms with Gasteiger partial charge in [0.15, 0.2) is 0 Å². The van der Waals surface area contributed by atoms with Crippen LogP contribution < -0.4 is 5.32 Å². The van der Waals surface area contributed by atoms with Crippen LogP contribution in [0.3, 0.4) is 0 Å². The summed E-state index contributed by atoms with van der Waals surface area (Å²) in [5.41, 5.74) is 4.17. The zero-order valence-electron chi connectivity index (χ0n) is 10.9. The van der Waals surface area contributed by atoms with E-state index in [1.165, 1.54) is 27.0 Å². The normalized spacial score (nSPS) is 18.7. The van der Waals surface area contributed by atoms with Crippen molar-refractivity contribution in [3.8, 4) is 10.4 Å². The van der Waals surface area contributed by atoms with Gasteiger partial charge in [-0.25, -0.2) is 0 Å². The molecule has 3 heterocycles. The van der Waals surface area contributed by atoms with Crippen LogP contribution in [-0.4, -0.2) is 11.1 Å². The number of fused-ring (bicyclic) bond motifs is 3. The Kier molecular flexibility index (Phi) is 2.50. The molecule has 0 saturated carbocycles. The highest BCUT2D eigenvalue weighted by Crippen LogP contribution is 2.36. The van der Waals surface area contributed by atoms with Gasteiger partial charge in [0, 0.05) is 40.7 Å². The first kappa shape index (κ1) is 11.3. The summed E-state index contributed by atoms with van der Waals surface area (Å²) in [5, 5.41) is 7.00. The first-order valence-electron chi connectivity index (χ1n) is 6.72. The van der Waals surface area contributed by atoms with Gasteiger partial charge in [-0.05, 0) is 24.4 Å². The molecule has 0 saturated heterocycles. The molecule has 1 atom stereocenters. The molecule has 1 aliphatic rings. The quantitative estimate of drug-likeness (QED) is 0.705. The molecule has 3 heteroatoms. The number of hydrogen-bond acceptors (Lipinski definition) is 2. The number of nitrogens with zero attached hydrogens (tertiary/aromatic N) is 1. The average molecular weight is 268 g/mol. The van der Waals surface area contributed by atoms with Crippen LogP contribution >= 0.6 is 11.3 Å². The van der Waals surface area contributed by atoms with E-state index < -0.39 is 0 Å². The van der Waals surface area contributed by atoms with Crippen LogP contribution in [0, 0.1) is 0 Å². The van der Waals surface area contributed by atoms with Gasteiger partial charge in [-0.3, -0.25) is 0 Å². The molecule has 1 aromatic carbocycles. The highest BCUT2D eigenvalue weighted by atomic mass is 32.1. The van der Waals surface area contributed by atoms with Crippen molar-refractivity contribution in [3.05, 3.63) is 47.5 Å².